The van der Waals surface area contributed by atoms with E-state index in [1.54, 1.807) is 19.9 Å². The lowest BCUT2D eigenvalue weighted by molar-refractivity contribution is -0.164. The zero-order chi connectivity index (χ0) is 14.6. The Labute approximate surface area is 109 Å². The first-order valence-corrected chi connectivity index (χ1v) is 5.75. The molecule has 0 unspecified atom stereocenters. The zero-order valence-corrected chi connectivity index (χ0v) is 10.7. The van der Waals surface area contributed by atoms with E-state index in [2.05, 4.69) is 4.98 Å². The summed E-state index contributed by atoms with van der Waals surface area (Å²) in [5.41, 5.74) is 6.27. The summed E-state index contributed by atoms with van der Waals surface area (Å²) >= 11 is 0. The molecule has 7 heteroatoms. The molecule has 0 saturated heterocycles. The number of rotatable bonds is 4. The number of amides is 1. The normalized spacial score (nSPS) is 11.7. The van der Waals surface area contributed by atoms with Gasteiger partial charge in [-0.15, -0.1) is 0 Å². The highest BCUT2D eigenvalue weighted by atomic mass is 19.4. The highest BCUT2D eigenvalue weighted by molar-refractivity contribution is 5.78. The fraction of sp³-hybridized carbons (Fsp3) is 0.500. The van der Waals surface area contributed by atoms with Gasteiger partial charge < -0.3 is 10.6 Å². The minimum Gasteiger partial charge on any atom is -0.397 e. The molecule has 0 fully saturated rings. The Morgan fingerprint density at radius 3 is 2.47 bits per heavy atom. The standard InChI is InChI=1S/C12H16F3N3O/c1-8(2)18(7-12(13,14)15)11(19)5-10-4-3-9(16)6-17-10/h3-4,6,8H,5,7,16H2,1-2H3. The molecule has 1 heterocycles. The Morgan fingerprint density at radius 2 is 2.05 bits per heavy atom. The Morgan fingerprint density at radius 1 is 1.42 bits per heavy atom. The molecule has 0 radical (unpaired) electrons. The zero-order valence-electron chi connectivity index (χ0n) is 10.7. The van der Waals surface area contributed by atoms with Crippen LogP contribution in [0.5, 0.6) is 0 Å². The molecule has 0 aromatic carbocycles. The quantitative estimate of drug-likeness (QED) is 0.914. The summed E-state index contributed by atoms with van der Waals surface area (Å²) in [4.78, 5) is 16.6. The van der Waals surface area contributed by atoms with E-state index >= 15 is 0 Å². The number of hydrogen-bond donors (Lipinski definition) is 1. The highest BCUT2D eigenvalue weighted by Crippen LogP contribution is 2.18. The molecular formula is C12H16F3N3O. The summed E-state index contributed by atoms with van der Waals surface area (Å²) in [5.74, 6) is -0.607. The fourth-order valence-corrected chi connectivity index (χ4v) is 1.55. The average Bonchev–Trinajstić information content (AvgIpc) is 2.27. The number of halogens is 3. The third kappa shape index (κ3) is 5.15. The van der Waals surface area contributed by atoms with Crippen LogP contribution in [0.2, 0.25) is 0 Å². The third-order valence-electron chi connectivity index (χ3n) is 2.47. The molecule has 1 aromatic rings. The monoisotopic (exact) mass is 275 g/mol. The van der Waals surface area contributed by atoms with E-state index in [-0.39, 0.29) is 6.42 Å². The van der Waals surface area contributed by atoms with Gasteiger partial charge in [-0.2, -0.15) is 13.2 Å². The van der Waals surface area contributed by atoms with Gasteiger partial charge in [-0.25, -0.2) is 0 Å². The highest BCUT2D eigenvalue weighted by Gasteiger charge is 2.34. The molecule has 1 amide bonds. The van der Waals surface area contributed by atoms with Crippen LogP contribution in [0.1, 0.15) is 19.5 Å². The van der Waals surface area contributed by atoms with Crippen molar-refractivity contribution in [1.82, 2.24) is 9.88 Å². The molecule has 1 aromatic heterocycles. The van der Waals surface area contributed by atoms with Crippen molar-refractivity contribution >= 4 is 11.6 Å². The Bertz CT molecular complexity index is 429. The van der Waals surface area contributed by atoms with Crippen molar-refractivity contribution in [2.75, 3.05) is 12.3 Å². The molecule has 0 atom stereocenters. The van der Waals surface area contributed by atoms with Crippen molar-refractivity contribution in [3.8, 4) is 0 Å². The van der Waals surface area contributed by atoms with Gasteiger partial charge in [0.15, 0.2) is 0 Å². The predicted octanol–water partition coefficient (Wildman–Crippen LogP) is 2.01. The number of aromatic nitrogens is 1. The maximum absolute atomic E-state index is 12.4. The van der Waals surface area contributed by atoms with Gasteiger partial charge in [0.2, 0.25) is 5.91 Å². The number of nitrogens with two attached hydrogens (primary N) is 1. The molecule has 0 spiro atoms. The topological polar surface area (TPSA) is 59.2 Å². The lowest BCUT2D eigenvalue weighted by Crippen LogP contribution is -2.44. The second kappa shape index (κ2) is 5.90. The van der Waals surface area contributed by atoms with Gasteiger partial charge in [-0.05, 0) is 26.0 Å². The Kier molecular flexibility index (Phi) is 4.74. The first kappa shape index (κ1) is 15.3. The van der Waals surface area contributed by atoms with Gasteiger partial charge in [0.1, 0.15) is 6.54 Å². The van der Waals surface area contributed by atoms with E-state index in [1.807, 2.05) is 0 Å². The van der Waals surface area contributed by atoms with E-state index in [4.69, 9.17) is 5.73 Å². The Balaban J connectivity index is 2.75. The van der Waals surface area contributed by atoms with E-state index < -0.39 is 24.7 Å². The number of carbonyl (C=O) groups is 1. The molecule has 2 N–H and O–H groups in total. The minimum absolute atomic E-state index is 0.172. The van der Waals surface area contributed by atoms with Crippen LogP contribution in [0.4, 0.5) is 18.9 Å². The van der Waals surface area contributed by atoms with Crippen LogP contribution in [0, 0.1) is 0 Å². The summed E-state index contributed by atoms with van der Waals surface area (Å²) in [5, 5.41) is 0. The molecule has 1 rings (SSSR count). The molecule has 0 aliphatic heterocycles. The molecule has 0 aliphatic carbocycles. The summed E-state index contributed by atoms with van der Waals surface area (Å²) < 4.78 is 37.2. The number of hydrogen-bond acceptors (Lipinski definition) is 3. The van der Waals surface area contributed by atoms with E-state index in [9.17, 15) is 18.0 Å². The number of nitrogen functional groups attached to an aromatic ring is 1. The average molecular weight is 275 g/mol. The Hall–Kier alpha value is -1.79. The van der Waals surface area contributed by atoms with Gasteiger partial charge in [-0.3, -0.25) is 9.78 Å². The van der Waals surface area contributed by atoms with Crippen molar-refractivity contribution in [1.29, 1.82) is 0 Å². The summed E-state index contributed by atoms with van der Waals surface area (Å²) in [6.45, 7) is 1.83. The summed E-state index contributed by atoms with van der Waals surface area (Å²) in [6, 6.07) is 2.56. The number of alkyl halides is 3. The maximum atomic E-state index is 12.4. The maximum Gasteiger partial charge on any atom is 0.406 e. The van der Waals surface area contributed by atoms with Crippen LogP contribution >= 0.6 is 0 Å². The molecule has 0 aliphatic rings. The van der Waals surface area contributed by atoms with Crippen molar-refractivity contribution in [2.24, 2.45) is 0 Å². The molecule has 4 nitrogen and oxygen atoms in total. The summed E-state index contributed by atoms with van der Waals surface area (Å²) in [7, 11) is 0. The smallest absolute Gasteiger partial charge is 0.397 e. The largest absolute Gasteiger partial charge is 0.406 e. The first-order chi connectivity index (χ1) is 8.69. The molecule has 106 valence electrons. The van der Waals surface area contributed by atoms with Crippen LogP contribution in [0.3, 0.4) is 0 Å². The fourth-order valence-electron chi connectivity index (χ4n) is 1.55. The molecule has 0 bridgehead atoms. The number of pyridine rings is 1. The van der Waals surface area contributed by atoms with Crippen molar-refractivity contribution in [2.45, 2.75) is 32.5 Å². The van der Waals surface area contributed by atoms with Crippen LogP contribution < -0.4 is 5.73 Å². The van der Waals surface area contributed by atoms with Crippen molar-refractivity contribution in [3.05, 3.63) is 24.0 Å². The SMILES string of the molecule is CC(C)N(CC(F)(F)F)C(=O)Cc1ccc(N)cn1. The lowest BCUT2D eigenvalue weighted by atomic mass is 10.2. The van der Waals surface area contributed by atoms with Gasteiger partial charge in [-0.1, -0.05) is 0 Å². The first-order valence-electron chi connectivity index (χ1n) is 5.75. The van der Waals surface area contributed by atoms with E-state index in [1.165, 1.54) is 12.3 Å². The van der Waals surface area contributed by atoms with Crippen LogP contribution in [0.15, 0.2) is 18.3 Å². The number of carbonyl (C=O) groups excluding carboxylic acids is 1. The van der Waals surface area contributed by atoms with Crippen LogP contribution in [0.25, 0.3) is 0 Å². The van der Waals surface area contributed by atoms with Gasteiger partial charge in [0, 0.05) is 11.7 Å². The predicted molar refractivity (Wildman–Crippen MR) is 65.3 cm³/mol. The molecule has 0 saturated carbocycles. The number of nitrogens with zero attached hydrogens (tertiary/aromatic N) is 2. The molecule has 19 heavy (non-hydrogen) atoms. The number of anilines is 1. The van der Waals surface area contributed by atoms with E-state index in [0.29, 0.717) is 11.4 Å². The van der Waals surface area contributed by atoms with Crippen LogP contribution in [-0.4, -0.2) is 34.6 Å². The minimum atomic E-state index is -4.41. The van der Waals surface area contributed by atoms with Gasteiger partial charge >= 0.3 is 6.18 Å². The second-order valence-electron chi connectivity index (χ2n) is 4.49. The van der Waals surface area contributed by atoms with Crippen molar-refractivity contribution < 1.29 is 18.0 Å². The van der Waals surface area contributed by atoms with E-state index in [0.717, 1.165) is 4.90 Å². The molecular weight excluding hydrogens is 259 g/mol. The van der Waals surface area contributed by atoms with Crippen LogP contribution in [-0.2, 0) is 11.2 Å². The van der Waals surface area contributed by atoms with Gasteiger partial charge in [0.05, 0.1) is 18.3 Å². The third-order valence-corrected chi connectivity index (χ3v) is 2.47. The van der Waals surface area contributed by atoms with Crippen molar-refractivity contribution in [3.63, 3.8) is 0 Å². The second-order valence-corrected chi connectivity index (χ2v) is 4.49. The van der Waals surface area contributed by atoms with Gasteiger partial charge in [0.25, 0.3) is 0 Å². The lowest BCUT2D eigenvalue weighted by Gasteiger charge is -2.27. The summed E-state index contributed by atoms with van der Waals surface area (Å²) in [6.07, 6.45) is -3.21.